The van der Waals surface area contributed by atoms with Crippen LogP contribution in [-0.4, -0.2) is 28.1 Å². The summed E-state index contributed by atoms with van der Waals surface area (Å²) in [6, 6.07) is 0. The molecule has 0 aliphatic heterocycles. The van der Waals surface area contributed by atoms with Crippen molar-refractivity contribution in [3.05, 3.63) is 18.1 Å². The molecule has 1 unspecified atom stereocenters. The lowest BCUT2D eigenvalue weighted by atomic mass is 9.82. The van der Waals surface area contributed by atoms with Crippen molar-refractivity contribution in [2.24, 2.45) is 5.92 Å². The maximum atomic E-state index is 13.1. The maximum Gasteiger partial charge on any atom is 0.248 e. The Labute approximate surface area is 104 Å². The Morgan fingerprint density at radius 3 is 2.56 bits per heavy atom. The van der Waals surface area contributed by atoms with Crippen LogP contribution in [-0.2, 0) is 0 Å². The molecule has 1 aromatic rings. The zero-order valence-corrected chi connectivity index (χ0v) is 10.1. The fraction of sp³-hybridized carbons (Fsp3) is 0.667. The molecular weight excluding hydrogens is 242 g/mol. The summed E-state index contributed by atoms with van der Waals surface area (Å²) in [7, 11) is 1.44. The lowest BCUT2D eigenvalue weighted by Gasteiger charge is -2.31. The van der Waals surface area contributed by atoms with Gasteiger partial charge in [0.2, 0.25) is 11.8 Å². The molecule has 1 aliphatic rings. The molecule has 2 rings (SSSR count). The lowest BCUT2D eigenvalue weighted by molar-refractivity contribution is -0.0634. The Bertz CT molecular complexity index is 405. The average molecular weight is 258 g/mol. The first-order valence-corrected chi connectivity index (χ1v) is 5.94. The van der Waals surface area contributed by atoms with Gasteiger partial charge in [-0.1, -0.05) is 0 Å². The van der Waals surface area contributed by atoms with Crippen molar-refractivity contribution in [3.8, 4) is 5.88 Å². The molecule has 0 aromatic carbocycles. The number of hydrogen-bond donors (Lipinski definition) is 1. The highest BCUT2D eigenvalue weighted by molar-refractivity contribution is 5.20. The molecule has 1 saturated carbocycles. The van der Waals surface area contributed by atoms with Gasteiger partial charge in [0.1, 0.15) is 11.8 Å². The molecular formula is C12H16F2N2O2. The van der Waals surface area contributed by atoms with Crippen molar-refractivity contribution in [1.82, 2.24) is 9.97 Å². The van der Waals surface area contributed by atoms with Crippen molar-refractivity contribution in [2.45, 2.75) is 37.7 Å². The normalized spacial score (nSPS) is 21.6. The SMILES string of the molecule is COc1nccnc1C(O)C1CCC(F)(F)CC1. The first kappa shape index (κ1) is 13.1. The second-order valence-electron chi connectivity index (χ2n) is 4.59. The number of aliphatic hydroxyl groups is 1. The van der Waals surface area contributed by atoms with E-state index in [1.165, 1.54) is 19.5 Å². The average Bonchev–Trinajstić information content (AvgIpc) is 2.38. The van der Waals surface area contributed by atoms with E-state index in [0.717, 1.165) is 0 Å². The smallest absolute Gasteiger partial charge is 0.248 e. The van der Waals surface area contributed by atoms with Gasteiger partial charge in [-0.2, -0.15) is 0 Å². The summed E-state index contributed by atoms with van der Waals surface area (Å²) in [5.74, 6) is -2.56. The Morgan fingerprint density at radius 1 is 1.33 bits per heavy atom. The lowest BCUT2D eigenvalue weighted by Crippen LogP contribution is -2.28. The van der Waals surface area contributed by atoms with Gasteiger partial charge in [-0.15, -0.1) is 0 Å². The third-order valence-electron chi connectivity index (χ3n) is 3.37. The van der Waals surface area contributed by atoms with E-state index in [0.29, 0.717) is 5.69 Å². The van der Waals surface area contributed by atoms with Crippen LogP contribution < -0.4 is 4.74 Å². The molecule has 4 nitrogen and oxygen atoms in total. The van der Waals surface area contributed by atoms with Crippen LogP contribution in [0.2, 0.25) is 0 Å². The van der Waals surface area contributed by atoms with Crippen molar-refractivity contribution in [2.75, 3.05) is 7.11 Å². The van der Waals surface area contributed by atoms with E-state index >= 15 is 0 Å². The molecule has 0 radical (unpaired) electrons. The van der Waals surface area contributed by atoms with Crippen molar-refractivity contribution in [1.29, 1.82) is 0 Å². The number of aromatic nitrogens is 2. The van der Waals surface area contributed by atoms with Crippen molar-refractivity contribution in [3.63, 3.8) is 0 Å². The first-order chi connectivity index (χ1) is 8.53. The van der Waals surface area contributed by atoms with Crippen molar-refractivity contribution >= 4 is 0 Å². The maximum absolute atomic E-state index is 13.1. The fourth-order valence-corrected chi connectivity index (χ4v) is 2.30. The predicted octanol–water partition coefficient (Wildman–Crippen LogP) is 2.34. The van der Waals surface area contributed by atoms with Crippen LogP contribution in [0.25, 0.3) is 0 Å². The summed E-state index contributed by atoms with van der Waals surface area (Å²) >= 11 is 0. The Hall–Kier alpha value is -1.30. The minimum atomic E-state index is -2.59. The van der Waals surface area contributed by atoms with Gasteiger partial charge in [0.05, 0.1) is 7.11 Å². The highest BCUT2D eigenvalue weighted by atomic mass is 19.3. The quantitative estimate of drug-likeness (QED) is 0.904. The van der Waals surface area contributed by atoms with Gasteiger partial charge in [-0.25, -0.2) is 13.8 Å². The molecule has 1 fully saturated rings. The third kappa shape index (κ3) is 2.75. The van der Waals surface area contributed by atoms with Gasteiger partial charge >= 0.3 is 0 Å². The van der Waals surface area contributed by atoms with Gasteiger partial charge < -0.3 is 9.84 Å². The van der Waals surface area contributed by atoms with Crippen molar-refractivity contribution < 1.29 is 18.6 Å². The zero-order chi connectivity index (χ0) is 13.2. The highest BCUT2D eigenvalue weighted by Crippen LogP contribution is 2.41. The molecule has 6 heteroatoms. The number of aliphatic hydroxyl groups excluding tert-OH is 1. The van der Waals surface area contributed by atoms with E-state index < -0.39 is 12.0 Å². The van der Waals surface area contributed by atoms with Crippen LogP contribution >= 0.6 is 0 Å². The molecule has 18 heavy (non-hydrogen) atoms. The summed E-state index contributed by atoms with van der Waals surface area (Å²) in [5.41, 5.74) is 0.329. The van der Waals surface area contributed by atoms with E-state index in [2.05, 4.69) is 9.97 Å². The Balaban J connectivity index is 2.10. The number of methoxy groups -OCH3 is 1. The molecule has 0 amide bonds. The molecule has 0 bridgehead atoms. The molecule has 1 atom stereocenters. The van der Waals surface area contributed by atoms with Gasteiger partial charge in [-0.3, -0.25) is 4.98 Å². The largest absolute Gasteiger partial charge is 0.480 e. The van der Waals surface area contributed by atoms with Crippen LogP contribution in [0.5, 0.6) is 5.88 Å². The molecule has 100 valence electrons. The number of ether oxygens (including phenoxy) is 1. The molecule has 0 saturated heterocycles. The Kier molecular flexibility index (Phi) is 3.75. The summed E-state index contributed by atoms with van der Waals surface area (Å²) in [6.45, 7) is 0. The monoisotopic (exact) mass is 258 g/mol. The standard InChI is InChI=1S/C12H16F2N2O2/c1-18-11-9(15-6-7-16-11)10(17)8-2-4-12(13,14)5-3-8/h6-8,10,17H,2-5H2,1H3. The van der Waals surface area contributed by atoms with Crippen LogP contribution in [0.15, 0.2) is 12.4 Å². The fourth-order valence-electron chi connectivity index (χ4n) is 2.30. The Morgan fingerprint density at radius 2 is 1.94 bits per heavy atom. The summed E-state index contributed by atoms with van der Waals surface area (Å²) in [4.78, 5) is 7.98. The minimum absolute atomic E-state index is 0.183. The molecule has 1 N–H and O–H groups in total. The first-order valence-electron chi connectivity index (χ1n) is 5.94. The zero-order valence-electron chi connectivity index (χ0n) is 10.1. The summed E-state index contributed by atoms with van der Waals surface area (Å²) in [6.07, 6.45) is 2.23. The number of halogens is 2. The van der Waals surface area contributed by atoms with Gasteiger partial charge in [0.25, 0.3) is 0 Å². The minimum Gasteiger partial charge on any atom is -0.480 e. The second-order valence-corrected chi connectivity index (χ2v) is 4.59. The second kappa shape index (κ2) is 5.14. The predicted molar refractivity (Wildman–Crippen MR) is 60.4 cm³/mol. The number of rotatable bonds is 3. The number of nitrogens with zero attached hydrogens (tertiary/aromatic N) is 2. The van der Waals surface area contributed by atoms with Crippen LogP contribution in [0, 0.1) is 5.92 Å². The molecule has 1 aliphatic carbocycles. The van der Waals surface area contributed by atoms with Gasteiger partial charge in [-0.05, 0) is 18.8 Å². The van der Waals surface area contributed by atoms with E-state index in [1.807, 2.05) is 0 Å². The van der Waals surface area contributed by atoms with Crippen LogP contribution in [0.3, 0.4) is 0 Å². The van der Waals surface area contributed by atoms with Crippen LogP contribution in [0.1, 0.15) is 37.5 Å². The molecule has 0 spiro atoms. The molecule has 1 heterocycles. The van der Waals surface area contributed by atoms with Gasteiger partial charge in [0, 0.05) is 25.2 Å². The molecule has 1 aromatic heterocycles. The summed E-state index contributed by atoms with van der Waals surface area (Å²) in [5, 5.41) is 10.2. The number of alkyl halides is 2. The third-order valence-corrected chi connectivity index (χ3v) is 3.37. The topological polar surface area (TPSA) is 55.2 Å². The van der Waals surface area contributed by atoms with E-state index in [4.69, 9.17) is 4.74 Å². The van der Waals surface area contributed by atoms with E-state index in [1.54, 1.807) is 0 Å². The summed E-state index contributed by atoms with van der Waals surface area (Å²) < 4.78 is 31.1. The number of hydrogen-bond acceptors (Lipinski definition) is 4. The highest BCUT2D eigenvalue weighted by Gasteiger charge is 2.38. The van der Waals surface area contributed by atoms with Crippen LogP contribution in [0.4, 0.5) is 8.78 Å². The van der Waals surface area contributed by atoms with Gasteiger partial charge in [0.15, 0.2) is 0 Å². The van der Waals surface area contributed by atoms with E-state index in [-0.39, 0.29) is 37.5 Å². The van der Waals surface area contributed by atoms with E-state index in [9.17, 15) is 13.9 Å².